The molecule has 0 unspecified atom stereocenters. The number of likely N-dealkylation sites (N-methyl/N-ethyl adjacent to an activating group) is 1. The quantitative estimate of drug-likeness (QED) is 0.741. The molecule has 32 heavy (non-hydrogen) atoms. The summed E-state index contributed by atoms with van der Waals surface area (Å²) in [4.78, 5) is 38.0. The van der Waals surface area contributed by atoms with Crippen LogP contribution in [0.3, 0.4) is 0 Å². The van der Waals surface area contributed by atoms with E-state index in [1.807, 2.05) is 6.92 Å². The molecule has 1 saturated carbocycles. The van der Waals surface area contributed by atoms with Crippen molar-refractivity contribution in [3.8, 4) is 5.75 Å². The van der Waals surface area contributed by atoms with Gasteiger partial charge in [-0.05, 0) is 31.4 Å². The van der Waals surface area contributed by atoms with Gasteiger partial charge in [-0.1, -0.05) is 19.8 Å². The molecule has 1 fully saturated rings. The average molecular weight is 437 g/mol. The molecule has 5 rings (SSSR count). The Morgan fingerprint density at radius 3 is 2.81 bits per heavy atom. The smallest absolute Gasteiger partial charge is 0.249 e. The Hall–Kier alpha value is -3.36. The van der Waals surface area contributed by atoms with E-state index in [-0.39, 0.29) is 11.9 Å². The summed E-state index contributed by atoms with van der Waals surface area (Å²) in [7, 11) is 1.79. The predicted molar refractivity (Wildman–Crippen MR) is 122 cm³/mol. The van der Waals surface area contributed by atoms with Crippen molar-refractivity contribution in [3.05, 3.63) is 29.5 Å². The molecule has 0 bridgehead atoms. The van der Waals surface area contributed by atoms with Crippen molar-refractivity contribution < 1.29 is 14.3 Å². The summed E-state index contributed by atoms with van der Waals surface area (Å²) in [5.41, 5.74) is 8.22. The van der Waals surface area contributed by atoms with Gasteiger partial charge in [0.1, 0.15) is 17.5 Å². The van der Waals surface area contributed by atoms with E-state index in [2.05, 4.69) is 15.2 Å². The minimum Gasteiger partial charge on any atom is -0.491 e. The van der Waals surface area contributed by atoms with Crippen molar-refractivity contribution in [1.82, 2.24) is 9.97 Å². The summed E-state index contributed by atoms with van der Waals surface area (Å²) in [6.07, 6.45) is 7.53. The monoisotopic (exact) mass is 436 g/mol. The molecule has 2 aliphatic heterocycles. The predicted octanol–water partition coefficient (Wildman–Crippen LogP) is 2.76. The van der Waals surface area contributed by atoms with Gasteiger partial charge in [0.05, 0.1) is 18.5 Å². The number of hydrogen-bond donors (Lipinski definition) is 2. The zero-order chi connectivity index (χ0) is 22.4. The van der Waals surface area contributed by atoms with Gasteiger partial charge in [-0.2, -0.15) is 4.98 Å². The highest BCUT2D eigenvalue weighted by Gasteiger charge is 2.41. The van der Waals surface area contributed by atoms with E-state index in [1.165, 1.54) is 12.8 Å². The fourth-order valence-electron chi connectivity index (χ4n) is 5.19. The fourth-order valence-corrected chi connectivity index (χ4v) is 5.19. The van der Waals surface area contributed by atoms with Crippen LogP contribution in [-0.2, 0) is 11.2 Å². The molecule has 9 heteroatoms. The molecule has 1 aromatic carbocycles. The Balaban J connectivity index is 1.53. The maximum absolute atomic E-state index is 13.0. The van der Waals surface area contributed by atoms with Gasteiger partial charge in [0, 0.05) is 30.6 Å². The first-order valence-corrected chi connectivity index (χ1v) is 11.3. The van der Waals surface area contributed by atoms with E-state index < -0.39 is 5.91 Å². The summed E-state index contributed by atoms with van der Waals surface area (Å²) in [5.74, 6) is 1.45. The molecule has 0 saturated heterocycles. The SMILES string of the molecule is CC[C@@H]1C(=O)N(C)c2cnc(Nc3ccc(C(N)=O)c4c3OCC4)nc2N1C1CCCC1. The number of aromatic nitrogens is 2. The number of fused-ring (bicyclic) bond motifs is 2. The van der Waals surface area contributed by atoms with E-state index in [1.54, 1.807) is 30.3 Å². The molecule has 2 aromatic rings. The molecule has 3 N–H and O–H groups in total. The van der Waals surface area contributed by atoms with E-state index in [0.717, 1.165) is 36.3 Å². The highest BCUT2D eigenvalue weighted by atomic mass is 16.5. The number of nitrogens with one attached hydrogen (secondary N) is 1. The van der Waals surface area contributed by atoms with Crippen LogP contribution in [-0.4, -0.2) is 47.5 Å². The first kappa shape index (κ1) is 20.5. The molecule has 2 amide bonds. The largest absolute Gasteiger partial charge is 0.491 e. The normalized spacial score (nSPS) is 20.2. The number of anilines is 4. The number of carbonyl (C=O) groups excluding carboxylic acids is 2. The zero-order valence-corrected chi connectivity index (χ0v) is 18.4. The molecule has 1 atom stereocenters. The minimum absolute atomic E-state index is 0.0875. The molecule has 3 aliphatic rings. The van der Waals surface area contributed by atoms with Gasteiger partial charge in [0.2, 0.25) is 17.8 Å². The van der Waals surface area contributed by atoms with Crippen LogP contribution in [0.1, 0.15) is 54.9 Å². The number of rotatable bonds is 5. The van der Waals surface area contributed by atoms with Gasteiger partial charge in [0.15, 0.2) is 5.82 Å². The Labute approximate surface area is 187 Å². The zero-order valence-electron chi connectivity index (χ0n) is 18.4. The highest BCUT2D eigenvalue weighted by molar-refractivity contribution is 6.04. The Bertz CT molecular complexity index is 1080. The van der Waals surface area contributed by atoms with Crippen LogP contribution >= 0.6 is 0 Å². The van der Waals surface area contributed by atoms with E-state index in [0.29, 0.717) is 42.0 Å². The van der Waals surface area contributed by atoms with Crippen LogP contribution in [0.25, 0.3) is 0 Å². The lowest BCUT2D eigenvalue weighted by molar-refractivity contribution is -0.120. The molecular formula is C23H28N6O3. The van der Waals surface area contributed by atoms with Gasteiger partial charge in [-0.25, -0.2) is 4.98 Å². The van der Waals surface area contributed by atoms with Crippen molar-refractivity contribution in [2.24, 2.45) is 5.73 Å². The molecule has 1 aliphatic carbocycles. The van der Waals surface area contributed by atoms with E-state index in [4.69, 9.17) is 15.5 Å². The maximum Gasteiger partial charge on any atom is 0.249 e. The van der Waals surface area contributed by atoms with Crippen molar-refractivity contribution in [1.29, 1.82) is 0 Å². The van der Waals surface area contributed by atoms with Crippen LogP contribution < -0.4 is 25.6 Å². The van der Waals surface area contributed by atoms with Gasteiger partial charge in [-0.15, -0.1) is 0 Å². The van der Waals surface area contributed by atoms with Crippen LogP contribution in [0.2, 0.25) is 0 Å². The summed E-state index contributed by atoms with van der Waals surface area (Å²) in [6.45, 7) is 2.55. The second-order valence-electron chi connectivity index (χ2n) is 8.63. The average Bonchev–Trinajstić information content (AvgIpc) is 3.48. The Morgan fingerprint density at radius 1 is 1.31 bits per heavy atom. The standard InChI is InChI=1S/C23H28N6O3/c1-3-17-22(31)28(2)18-12-25-23(27-21(18)29(17)13-6-4-5-7-13)26-16-9-8-15(20(24)30)14-10-11-32-19(14)16/h8-9,12-13,17H,3-7,10-11H2,1-2H3,(H2,24,30)(H,25,26,27)/t17-/m1/s1. The number of nitrogens with two attached hydrogens (primary N) is 1. The number of carbonyl (C=O) groups is 2. The third kappa shape index (κ3) is 3.23. The summed E-state index contributed by atoms with van der Waals surface area (Å²) in [6, 6.07) is 3.56. The van der Waals surface area contributed by atoms with Crippen molar-refractivity contribution in [2.75, 3.05) is 28.8 Å². The Morgan fingerprint density at radius 2 is 2.09 bits per heavy atom. The maximum atomic E-state index is 13.0. The van der Waals surface area contributed by atoms with Gasteiger partial charge in [-0.3, -0.25) is 9.59 Å². The van der Waals surface area contributed by atoms with Crippen molar-refractivity contribution in [3.63, 3.8) is 0 Å². The number of nitrogens with zero attached hydrogens (tertiary/aromatic N) is 4. The lowest BCUT2D eigenvalue weighted by Gasteiger charge is -2.43. The molecule has 3 heterocycles. The highest BCUT2D eigenvalue weighted by Crippen LogP contribution is 2.41. The molecular weight excluding hydrogens is 408 g/mol. The first-order chi connectivity index (χ1) is 15.5. The van der Waals surface area contributed by atoms with Crippen molar-refractivity contribution in [2.45, 2.75) is 57.5 Å². The third-order valence-corrected chi connectivity index (χ3v) is 6.78. The number of ether oxygens (including phenoxy) is 1. The van der Waals surface area contributed by atoms with Gasteiger partial charge >= 0.3 is 0 Å². The minimum atomic E-state index is -0.464. The van der Waals surface area contributed by atoms with Gasteiger partial charge in [0.25, 0.3) is 0 Å². The number of benzene rings is 1. The van der Waals surface area contributed by atoms with Crippen molar-refractivity contribution >= 4 is 35.0 Å². The second-order valence-corrected chi connectivity index (χ2v) is 8.63. The summed E-state index contributed by atoms with van der Waals surface area (Å²) < 4.78 is 5.78. The van der Waals surface area contributed by atoms with E-state index >= 15 is 0 Å². The number of amides is 2. The summed E-state index contributed by atoms with van der Waals surface area (Å²) in [5, 5.41) is 3.26. The third-order valence-electron chi connectivity index (χ3n) is 6.78. The molecule has 9 nitrogen and oxygen atoms in total. The topological polar surface area (TPSA) is 114 Å². The van der Waals surface area contributed by atoms with Crippen LogP contribution in [0.4, 0.5) is 23.1 Å². The Kier molecular flexibility index (Phi) is 5.11. The second kappa shape index (κ2) is 7.96. The summed E-state index contributed by atoms with van der Waals surface area (Å²) >= 11 is 0. The number of primary amides is 1. The lowest BCUT2D eigenvalue weighted by Crippen LogP contribution is -2.55. The fraction of sp³-hybridized carbons (Fsp3) is 0.478. The molecule has 168 valence electrons. The molecule has 0 radical (unpaired) electrons. The molecule has 1 aromatic heterocycles. The van der Waals surface area contributed by atoms with Crippen LogP contribution in [0, 0.1) is 0 Å². The number of hydrogen-bond acceptors (Lipinski definition) is 7. The van der Waals surface area contributed by atoms with E-state index in [9.17, 15) is 9.59 Å². The van der Waals surface area contributed by atoms with Crippen LogP contribution in [0.15, 0.2) is 18.3 Å². The van der Waals surface area contributed by atoms with Gasteiger partial charge < -0.3 is 25.6 Å². The molecule has 0 spiro atoms. The lowest BCUT2D eigenvalue weighted by atomic mass is 10.0. The van der Waals surface area contributed by atoms with Crippen LogP contribution in [0.5, 0.6) is 5.75 Å². The first-order valence-electron chi connectivity index (χ1n) is 11.3.